The van der Waals surface area contributed by atoms with Gasteiger partial charge in [0, 0.05) is 0 Å². The molecule has 0 heterocycles. The van der Waals surface area contributed by atoms with Crippen LogP contribution in [0.2, 0.25) is 0 Å². The molecule has 0 aromatic carbocycles. The van der Waals surface area contributed by atoms with Crippen molar-refractivity contribution >= 4 is 21.9 Å². The summed E-state index contributed by atoms with van der Waals surface area (Å²) in [7, 11) is 0. The smallest absolute Gasteiger partial charge is 0.317 e. The summed E-state index contributed by atoms with van der Waals surface area (Å²) in [6, 6.07) is 0. The van der Waals surface area contributed by atoms with Crippen molar-refractivity contribution in [1.29, 1.82) is 0 Å². The van der Waals surface area contributed by atoms with E-state index in [0.29, 0.717) is 0 Å². The number of hydrogen-bond acceptors (Lipinski definition) is 1. The van der Waals surface area contributed by atoms with E-state index in [4.69, 9.17) is 5.11 Å². The Labute approximate surface area is 101 Å². The number of hydrogen-bond donors (Lipinski definition) is 1. The molecule has 1 unspecified atom stereocenters. The van der Waals surface area contributed by atoms with E-state index >= 15 is 0 Å². The van der Waals surface area contributed by atoms with E-state index in [-0.39, 0.29) is 4.83 Å². The molecule has 0 aromatic rings. The summed E-state index contributed by atoms with van der Waals surface area (Å²) in [6.07, 6.45) is 11.3. The first-order valence-electron chi connectivity index (χ1n) is 6.07. The summed E-state index contributed by atoms with van der Waals surface area (Å²) in [5.41, 5.74) is 0. The van der Waals surface area contributed by atoms with Crippen LogP contribution in [0.4, 0.5) is 0 Å². The second-order valence-electron chi connectivity index (χ2n) is 4.59. The van der Waals surface area contributed by atoms with E-state index in [2.05, 4.69) is 15.9 Å². The van der Waals surface area contributed by atoms with E-state index in [1.807, 2.05) is 0 Å². The number of carbonyl (C=O) groups is 1. The molecular weight excluding hydrogens is 256 g/mol. The van der Waals surface area contributed by atoms with Gasteiger partial charge in [0.05, 0.1) is 0 Å². The number of halogens is 1. The molecule has 0 aliphatic heterocycles. The fourth-order valence-electron chi connectivity index (χ4n) is 1.82. The van der Waals surface area contributed by atoms with Gasteiger partial charge in [0.15, 0.2) is 0 Å². The Bertz CT molecular complexity index is 190. The second kappa shape index (κ2) is 7.26. The van der Waals surface area contributed by atoms with Gasteiger partial charge in [-0.25, -0.2) is 0 Å². The van der Waals surface area contributed by atoms with Gasteiger partial charge in [0.1, 0.15) is 4.83 Å². The molecule has 0 aromatic heterocycles. The van der Waals surface area contributed by atoms with Crippen molar-refractivity contribution in [2.24, 2.45) is 5.92 Å². The normalized spacial score (nSPS) is 17.7. The first kappa shape index (κ1) is 13.0. The Kier molecular flexibility index (Phi) is 6.30. The van der Waals surface area contributed by atoms with Crippen LogP contribution < -0.4 is 0 Å². The van der Waals surface area contributed by atoms with Gasteiger partial charge in [0.25, 0.3) is 0 Å². The third-order valence-corrected chi connectivity index (χ3v) is 3.88. The van der Waals surface area contributed by atoms with Gasteiger partial charge in [0.2, 0.25) is 0 Å². The van der Waals surface area contributed by atoms with Crippen LogP contribution in [0.3, 0.4) is 0 Å². The highest BCUT2D eigenvalue weighted by Gasteiger charge is 2.19. The Morgan fingerprint density at radius 2 is 1.80 bits per heavy atom. The molecule has 1 saturated carbocycles. The second-order valence-corrected chi connectivity index (χ2v) is 5.70. The third-order valence-electron chi connectivity index (χ3n) is 3.03. The van der Waals surface area contributed by atoms with E-state index in [9.17, 15) is 4.79 Å². The molecule has 1 atom stereocenters. The van der Waals surface area contributed by atoms with E-state index in [1.165, 1.54) is 44.9 Å². The molecule has 1 fully saturated rings. The average molecular weight is 277 g/mol. The van der Waals surface area contributed by atoms with Crippen molar-refractivity contribution in [1.82, 2.24) is 0 Å². The van der Waals surface area contributed by atoms with Crippen LogP contribution in [-0.4, -0.2) is 15.9 Å². The summed E-state index contributed by atoms with van der Waals surface area (Å²) < 4.78 is 0. The van der Waals surface area contributed by atoms with Crippen molar-refractivity contribution in [3.8, 4) is 0 Å². The van der Waals surface area contributed by atoms with Gasteiger partial charge in [-0.3, -0.25) is 4.79 Å². The van der Waals surface area contributed by atoms with Gasteiger partial charge in [-0.15, -0.1) is 0 Å². The third kappa shape index (κ3) is 6.93. The van der Waals surface area contributed by atoms with Crippen molar-refractivity contribution in [3.05, 3.63) is 0 Å². The average Bonchev–Trinajstić information content (AvgIpc) is 2.99. The molecular formula is C12H21BrO2. The summed E-state index contributed by atoms with van der Waals surface area (Å²) in [4.78, 5) is 10.2. The molecule has 2 nitrogen and oxygen atoms in total. The molecule has 0 amide bonds. The molecule has 0 radical (unpaired) electrons. The van der Waals surface area contributed by atoms with E-state index in [1.54, 1.807) is 0 Å². The van der Waals surface area contributed by atoms with Gasteiger partial charge in [-0.2, -0.15) is 0 Å². The summed E-state index contributed by atoms with van der Waals surface area (Å²) in [5.74, 6) is 0.327. The zero-order valence-electron chi connectivity index (χ0n) is 9.25. The van der Waals surface area contributed by atoms with Gasteiger partial charge in [-0.1, -0.05) is 67.3 Å². The monoisotopic (exact) mass is 276 g/mol. The Hall–Kier alpha value is -0.0500. The topological polar surface area (TPSA) is 37.3 Å². The minimum Gasteiger partial charge on any atom is -0.480 e. The molecule has 0 bridgehead atoms. The Balaban J connectivity index is 1.77. The lowest BCUT2D eigenvalue weighted by atomic mass is 10.1. The van der Waals surface area contributed by atoms with Gasteiger partial charge < -0.3 is 5.11 Å². The zero-order valence-corrected chi connectivity index (χ0v) is 10.8. The highest BCUT2D eigenvalue weighted by molar-refractivity contribution is 9.10. The maximum absolute atomic E-state index is 10.5. The van der Waals surface area contributed by atoms with Crippen LogP contribution in [0, 0.1) is 5.92 Å². The zero-order chi connectivity index (χ0) is 11.1. The Morgan fingerprint density at radius 1 is 1.20 bits per heavy atom. The number of carboxylic acids is 1. The number of carboxylic acid groups (broad SMARTS) is 1. The predicted octanol–water partition coefficient (Wildman–Crippen LogP) is 3.98. The van der Waals surface area contributed by atoms with Crippen LogP contribution in [0.15, 0.2) is 0 Å². The highest BCUT2D eigenvalue weighted by Crippen LogP contribution is 2.34. The lowest BCUT2D eigenvalue weighted by Crippen LogP contribution is -2.11. The molecule has 1 aliphatic carbocycles. The first-order valence-corrected chi connectivity index (χ1v) is 6.98. The molecule has 15 heavy (non-hydrogen) atoms. The molecule has 88 valence electrons. The standard InChI is InChI=1S/C12H21BrO2/c13-11(12(14)15)7-5-3-1-2-4-6-10-8-9-10/h10-11H,1-9H2,(H,14,15). The molecule has 0 saturated heterocycles. The highest BCUT2D eigenvalue weighted by atomic mass is 79.9. The van der Waals surface area contributed by atoms with Crippen molar-refractivity contribution in [2.45, 2.75) is 62.6 Å². The fourth-order valence-corrected chi connectivity index (χ4v) is 2.14. The molecule has 1 N–H and O–H groups in total. The van der Waals surface area contributed by atoms with Crippen LogP contribution in [0.25, 0.3) is 0 Å². The van der Waals surface area contributed by atoms with Crippen molar-refractivity contribution in [2.75, 3.05) is 0 Å². The SMILES string of the molecule is O=C(O)C(Br)CCCCCCCC1CC1. The molecule has 3 heteroatoms. The maximum atomic E-state index is 10.5. The predicted molar refractivity (Wildman–Crippen MR) is 65.4 cm³/mol. The van der Waals surface area contributed by atoms with Gasteiger partial charge in [-0.05, 0) is 12.3 Å². The minimum atomic E-state index is -0.733. The lowest BCUT2D eigenvalue weighted by molar-refractivity contribution is -0.136. The largest absolute Gasteiger partial charge is 0.480 e. The lowest BCUT2D eigenvalue weighted by Gasteiger charge is -2.04. The fraction of sp³-hybridized carbons (Fsp3) is 0.917. The van der Waals surface area contributed by atoms with Crippen LogP contribution in [0.5, 0.6) is 0 Å². The van der Waals surface area contributed by atoms with E-state index < -0.39 is 5.97 Å². The summed E-state index contributed by atoms with van der Waals surface area (Å²) in [6.45, 7) is 0. The number of rotatable bonds is 9. The quantitative estimate of drug-likeness (QED) is 0.511. The maximum Gasteiger partial charge on any atom is 0.317 e. The summed E-state index contributed by atoms with van der Waals surface area (Å²) >= 11 is 3.15. The summed E-state index contributed by atoms with van der Waals surface area (Å²) in [5, 5.41) is 8.64. The minimum absolute atomic E-state index is 0.344. The first-order chi connectivity index (χ1) is 7.20. The van der Waals surface area contributed by atoms with Crippen molar-refractivity contribution in [3.63, 3.8) is 0 Å². The Morgan fingerprint density at radius 3 is 2.40 bits per heavy atom. The van der Waals surface area contributed by atoms with Gasteiger partial charge >= 0.3 is 5.97 Å². The molecule has 1 aliphatic rings. The molecule has 0 spiro atoms. The number of unbranched alkanes of at least 4 members (excludes halogenated alkanes) is 4. The van der Waals surface area contributed by atoms with Crippen LogP contribution >= 0.6 is 15.9 Å². The van der Waals surface area contributed by atoms with E-state index in [0.717, 1.165) is 18.8 Å². The molecule has 1 rings (SSSR count). The van der Waals surface area contributed by atoms with Crippen LogP contribution in [-0.2, 0) is 4.79 Å². The number of aliphatic carboxylic acids is 1. The van der Waals surface area contributed by atoms with Crippen molar-refractivity contribution < 1.29 is 9.90 Å². The number of alkyl halides is 1. The van der Waals surface area contributed by atoms with Crippen LogP contribution in [0.1, 0.15) is 57.8 Å².